The molecule has 0 unspecified atom stereocenters. The summed E-state index contributed by atoms with van der Waals surface area (Å²) in [5.41, 5.74) is 15.8. The van der Waals surface area contributed by atoms with E-state index in [-0.39, 0.29) is 0 Å². The van der Waals surface area contributed by atoms with E-state index in [1.54, 1.807) is 0 Å². The zero-order valence-corrected chi connectivity index (χ0v) is 31.0. The quantitative estimate of drug-likeness (QED) is 0.164. The highest BCUT2D eigenvalue weighted by molar-refractivity contribution is 6.11. The predicted molar refractivity (Wildman–Crippen MR) is 237 cm³/mol. The van der Waals surface area contributed by atoms with Crippen LogP contribution >= 0.6 is 0 Å². The Hall–Kier alpha value is -7.62. The minimum absolute atomic E-state index is 0.851. The fourth-order valence-electron chi connectivity index (χ4n) is 8.28. The number of benzene rings is 9. The van der Waals surface area contributed by atoms with Crippen LogP contribution in [-0.2, 0) is 0 Å². The first-order valence-corrected chi connectivity index (χ1v) is 19.3. The minimum Gasteiger partial charge on any atom is -0.455 e. The van der Waals surface area contributed by atoms with Crippen LogP contribution in [0.15, 0.2) is 221 Å². The molecule has 0 aliphatic heterocycles. The molecule has 3 heteroatoms. The van der Waals surface area contributed by atoms with Crippen molar-refractivity contribution in [3.8, 4) is 44.5 Å². The van der Waals surface area contributed by atoms with E-state index < -0.39 is 0 Å². The van der Waals surface area contributed by atoms with E-state index >= 15 is 0 Å². The van der Waals surface area contributed by atoms with Gasteiger partial charge in [-0.3, -0.25) is 0 Å². The molecule has 0 saturated carbocycles. The third-order valence-electron chi connectivity index (χ3n) is 11.1. The van der Waals surface area contributed by atoms with Gasteiger partial charge >= 0.3 is 0 Å². The summed E-state index contributed by atoms with van der Waals surface area (Å²) in [6, 6.07) is 74.9. The Morgan fingerprint density at radius 2 is 0.719 bits per heavy atom. The molecule has 2 aromatic heterocycles. The van der Waals surface area contributed by atoms with Crippen LogP contribution < -0.4 is 4.90 Å². The predicted octanol–water partition coefficient (Wildman–Crippen LogP) is 15.6. The highest BCUT2D eigenvalue weighted by atomic mass is 16.3. The molecule has 0 fully saturated rings. The normalized spacial score (nSPS) is 11.5. The van der Waals surface area contributed by atoms with E-state index in [0.717, 1.165) is 94.3 Å². The molecule has 9 aromatic carbocycles. The van der Waals surface area contributed by atoms with Gasteiger partial charge in [0.15, 0.2) is 0 Å². The van der Waals surface area contributed by atoms with Crippen molar-refractivity contribution in [1.82, 2.24) is 0 Å². The molecule has 0 spiro atoms. The molecule has 268 valence electrons. The molecule has 57 heavy (non-hydrogen) atoms. The lowest BCUT2D eigenvalue weighted by molar-refractivity contribution is 0.669. The van der Waals surface area contributed by atoms with Gasteiger partial charge < -0.3 is 13.7 Å². The highest BCUT2D eigenvalue weighted by Crippen LogP contribution is 2.42. The average Bonchev–Trinajstić information content (AvgIpc) is 3.86. The third kappa shape index (κ3) is 5.76. The van der Waals surface area contributed by atoms with Gasteiger partial charge in [0, 0.05) is 55.8 Å². The molecule has 0 N–H and O–H groups in total. The van der Waals surface area contributed by atoms with Gasteiger partial charge in [0.25, 0.3) is 0 Å². The van der Waals surface area contributed by atoms with Crippen LogP contribution in [0.25, 0.3) is 88.4 Å². The van der Waals surface area contributed by atoms with Crippen LogP contribution in [0.5, 0.6) is 0 Å². The van der Waals surface area contributed by atoms with Crippen LogP contribution in [0.3, 0.4) is 0 Å². The number of hydrogen-bond donors (Lipinski definition) is 0. The van der Waals surface area contributed by atoms with Crippen molar-refractivity contribution in [2.75, 3.05) is 4.90 Å². The van der Waals surface area contributed by atoms with Crippen LogP contribution in [-0.4, -0.2) is 0 Å². The number of hydrogen-bond acceptors (Lipinski definition) is 3. The van der Waals surface area contributed by atoms with Crippen molar-refractivity contribution in [1.29, 1.82) is 0 Å². The lowest BCUT2D eigenvalue weighted by atomic mass is 10.00. The zero-order chi connectivity index (χ0) is 37.7. The summed E-state index contributed by atoms with van der Waals surface area (Å²) in [5, 5.41) is 4.44. The Bertz CT molecular complexity index is 3200. The van der Waals surface area contributed by atoms with Gasteiger partial charge in [-0.05, 0) is 81.9 Å². The second-order valence-corrected chi connectivity index (χ2v) is 14.5. The zero-order valence-electron chi connectivity index (χ0n) is 31.0. The van der Waals surface area contributed by atoms with Crippen molar-refractivity contribution in [2.24, 2.45) is 0 Å². The van der Waals surface area contributed by atoms with Crippen LogP contribution in [0.4, 0.5) is 17.1 Å². The summed E-state index contributed by atoms with van der Waals surface area (Å²) in [7, 11) is 0. The number of rotatable bonds is 7. The number of furan rings is 2. The Balaban J connectivity index is 1.00. The van der Waals surface area contributed by atoms with Gasteiger partial charge in [-0.2, -0.15) is 0 Å². The Labute approximate surface area is 330 Å². The lowest BCUT2D eigenvalue weighted by Gasteiger charge is -2.26. The summed E-state index contributed by atoms with van der Waals surface area (Å²) in [5.74, 6) is 0. The van der Waals surface area contributed by atoms with Crippen molar-refractivity contribution in [2.45, 2.75) is 0 Å². The monoisotopic (exact) mass is 729 g/mol. The summed E-state index contributed by atoms with van der Waals surface area (Å²) in [4.78, 5) is 2.31. The minimum atomic E-state index is 0.851. The van der Waals surface area contributed by atoms with E-state index in [1.807, 2.05) is 12.1 Å². The average molecular weight is 730 g/mol. The largest absolute Gasteiger partial charge is 0.455 e. The maximum Gasteiger partial charge on any atom is 0.143 e. The van der Waals surface area contributed by atoms with Gasteiger partial charge in [0.1, 0.15) is 22.3 Å². The Morgan fingerprint density at radius 3 is 1.30 bits per heavy atom. The van der Waals surface area contributed by atoms with Crippen LogP contribution in [0.1, 0.15) is 0 Å². The Kier molecular flexibility index (Phi) is 7.82. The van der Waals surface area contributed by atoms with E-state index in [2.05, 4.69) is 205 Å². The molecular formula is C54H35NO2. The molecule has 0 radical (unpaired) electrons. The van der Waals surface area contributed by atoms with Gasteiger partial charge in [-0.25, -0.2) is 0 Å². The number of anilines is 3. The fourth-order valence-corrected chi connectivity index (χ4v) is 8.28. The van der Waals surface area contributed by atoms with E-state index in [0.29, 0.717) is 0 Å². The molecular weight excluding hydrogens is 695 g/mol. The number of fused-ring (bicyclic) bond motifs is 6. The van der Waals surface area contributed by atoms with Crippen molar-refractivity contribution < 1.29 is 8.83 Å². The second-order valence-electron chi connectivity index (χ2n) is 14.5. The summed E-state index contributed by atoms with van der Waals surface area (Å²) in [6.45, 7) is 0. The lowest BCUT2D eigenvalue weighted by Crippen LogP contribution is -2.09. The highest BCUT2D eigenvalue weighted by Gasteiger charge is 2.18. The van der Waals surface area contributed by atoms with Gasteiger partial charge in [0.2, 0.25) is 0 Å². The fraction of sp³-hybridized carbons (Fsp3) is 0. The Morgan fingerprint density at radius 1 is 0.263 bits per heavy atom. The molecule has 0 atom stereocenters. The topological polar surface area (TPSA) is 29.5 Å². The molecule has 0 saturated heterocycles. The summed E-state index contributed by atoms with van der Waals surface area (Å²) < 4.78 is 13.2. The maximum absolute atomic E-state index is 6.71. The first-order valence-electron chi connectivity index (χ1n) is 19.3. The molecule has 0 bridgehead atoms. The number of nitrogens with zero attached hydrogens (tertiary/aromatic N) is 1. The standard InChI is InChI=1S/C54H35NO2/c1-4-12-36(13-5-1)37-22-27-42(28-23-37)55(44-31-32-47-48-20-10-18-45(39-14-6-2-7-15-39)53(48)57-52(47)35-44)43-29-24-38(25-30-43)41-26-33-51-50(34-41)49-21-11-19-46(54(49)56-51)40-16-8-3-9-17-40/h1-35H. The van der Waals surface area contributed by atoms with Crippen molar-refractivity contribution >= 4 is 60.9 Å². The first-order chi connectivity index (χ1) is 28.2. The van der Waals surface area contributed by atoms with Gasteiger partial charge in [-0.1, -0.05) is 158 Å². The summed E-state index contributed by atoms with van der Waals surface area (Å²) in [6.07, 6.45) is 0. The summed E-state index contributed by atoms with van der Waals surface area (Å²) >= 11 is 0. The SMILES string of the molecule is c1ccc(-c2ccc(N(c3ccc(-c4ccc5oc6c(-c7ccccc7)cccc6c5c4)cc3)c3ccc4c(c3)oc3c(-c5ccccc5)cccc34)cc2)cc1. The molecule has 0 aliphatic carbocycles. The smallest absolute Gasteiger partial charge is 0.143 e. The van der Waals surface area contributed by atoms with Crippen molar-refractivity contribution in [3.63, 3.8) is 0 Å². The second kappa shape index (κ2) is 13.6. The first kappa shape index (κ1) is 32.8. The molecule has 0 aliphatic rings. The van der Waals surface area contributed by atoms with Crippen molar-refractivity contribution in [3.05, 3.63) is 212 Å². The molecule has 0 amide bonds. The third-order valence-corrected chi connectivity index (χ3v) is 11.1. The molecule has 2 heterocycles. The number of para-hydroxylation sites is 2. The maximum atomic E-state index is 6.71. The van der Waals surface area contributed by atoms with E-state index in [1.165, 1.54) is 11.1 Å². The van der Waals surface area contributed by atoms with E-state index in [9.17, 15) is 0 Å². The van der Waals surface area contributed by atoms with Gasteiger partial charge in [-0.15, -0.1) is 0 Å². The molecule has 3 nitrogen and oxygen atoms in total. The van der Waals surface area contributed by atoms with Crippen LogP contribution in [0, 0.1) is 0 Å². The molecule has 11 rings (SSSR count). The molecule has 11 aromatic rings. The van der Waals surface area contributed by atoms with Gasteiger partial charge in [0.05, 0.1) is 0 Å². The van der Waals surface area contributed by atoms with E-state index in [4.69, 9.17) is 8.83 Å². The van der Waals surface area contributed by atoms with Crippen LogP contribution in [0.2, 0.25) is 0 Å².